The Hall–Kier alpha value is -1.14. The SMILES string of the molecule is O=S(=O)(Cl)C1(c2cc(Cl)ccc2Cl)Nc2ccccc2O1. The van der Waals surface area contributed by atoms with Gasteiger partial charge < -0.3 is 10.1 Å². The second-order valence-corrected chi connectivity index (χ2v) is 7.91. The summed E-state index contributed by atoms with van der Waals surface area (Å²) in [5.74, 6) is 0.359. The lowest BCUT2D eigenvalue weighted by Crippen LogP contribution is -2.43. The van der Waals surface area contributed by atoms with Crippen LogP contribution < -0.4 is 10.1 Å². The molecular weight excluding hydrogens is 357 g/mol. The highest BCUT2D eigenvalue weighted by molar-refractivity contribution is 8.14. The fourth-order valence-corrected chi connectivity index (χ4v) is 3.92. The second kappa shape index (κ2) is 4.95. The van der Waals surface area contributed by atoms with Crippen LogP contribution in [0.5, 0.6) is 5.75 Å². The Morgan fingerprint density at radius 3 is 2.48 bits per heavy atom. The van der Waals surface area contributed by atoms with Gasteiger partial charge in [0.15, 0.2) is 0 Å². The number of fused-ring (bicyclic) bond motifs is 1. The highest BCUT2D eigenvalue weighted by atomic mass is 35.7. The molecule has 0 fully saturated rings. The molecule has 8 heteroatoms. The van der Waals surface area contributed by atoms with Crippen molar-refractivity contribution in [3.8, 4) is 5.75 Å². The number of halogens is 3. The van der Waals surface area contributed by atoms with Crippen molar-refractivity contribution in [3.05, 3.63) is 58.1 Å². The van der Waals surface area contributed by atoms with Gasteiger partial charge in [0.1, 0.15) is 5.75 Å². The summed E-state index contributed by atoms with van der Waals surface area (Å²) in [4.78, 5) is 0. The molecule has 0 saturated carbocycles. The Bertz CT molecular complexity index is 798. The number of para-hydroxylation sites is 2. The van der Waals surface area contributed by atoms with E-state index in [0.717, 1.165) is 0 Å². The normalized spacial score (nSPS) is 20.5. The van der Waals surface area contributed by atoms with Gasteiger partial charge in [-0.15, -0.1) is 0 Å². The summed E-state index contributed by atoms with van der Waals surface area (Å²) < 4.78 is 29.9. The van der Waals surface area contributed by atoms with Crippen LogP contribution in [-0.4, -0.2) is 8.42 Å². The summed E-state index contributed by atoms with van der Waals surface area (Å²) in [6, 6.07) is 11.2. The topological polar surface area (TPSA) is 55.4 Å². The summed E-state index contributed by atoms with van der Waals surface area (Å²) in [5.41, 5.74) is 0.626. The molecular formula is C13H8Cl3NO3S. The van der Waals surface area contributed by atoms with Crippen molar-refractivity contribution < 1.29 is 13.2 Å². The van der Waals surface area contributed by atoms with E-state index in [0.29, 0.717) is 16.5 Å². The van der Waals surface area contributed by atoms with Crippen LogP contribution in [0, 0.1) is 0 Å². The van der Waals surface area contributed by atoms with E-state index < -0.39 is 14.1 Å². The summed E-state index contributed by atoms with van der Waals surface area (Å²) in [5, 5.41) is 1.26. The average molecular weight is 365 g/mol. The molecule has 1 aliphatic rings. The minimum absolute atomic E-state index is 0.128. The number of benzene rings is 2. The van der Waals surface area contributed by atoms with E-state index in [1.54, 1.807) is 30.3 Å². The monoisotopic (exact) mass is 363 g/mol. The fourth-order valence-electron chi connectivity index (χ4n) is 2.13. The smallest absolute Gasteiger partial charge is 0.326 e. The molecule has 0 spiro atoms. The molecule has 1 N–H and O–H groups in total. The number of rotatable bonds is 2. The van der Waals surface area contributed by atoms with Crippen molar-refractivity contribution in [1.82, 2.24) is 0 Å². The molecule has 3 rings (SSSR count). The third-order valence-electron chi connectivity index (χ3n) is 3.07. The summed E-state index contributed by atoms with van der Waals surface area (Å²) in [6.07, 6.45) is 0. The van der Waals surface area contributed by atoms with Crippen molar-refractivity contribution >= 4 is 48.6 Å². The first kappa shape index (κ1) is 14.8. The predicted octanol–water partition coefficient (Wildman–Crippen LogP) is 4.18. The number of nitrogens with one attached hydrogen (secondary N) is 1. The molecule has 1 heterocycles. The average Bonchev–Trinajstić information content (AvgIpc) is 2.81. The van der Waals surface area contributed by atoms with Crippen LogP contribution >= 0.6 is 33.9 Å². The second-order valence-electron chi connectivity index (χ2n) is 4.40. The number of hydrogen-bond acceptors (Lipinski definition) is 4. The molecule has 0 saturated heterocycles. The van der Waals surface area contributed by atoms with Gasteiger partial charge in [-0.05, 0) is 30.3 Å². The van der Waals surface area contributed by atoms with E-state index in [1.807, 2.05) is 0 Å². The van der Waals surface area contributed by atoms with Gasteiger partial charge in [-0.25, -0.2) is 8.42 Å². The molecule has 21 heavy (non-hydrogen) atoms. The van der Waals surface area contributed by atoms with Crippen molar-refractivity contribution in [2.24, 2.45) is 0 Å². The van der Waals surface area contributed by atoms with Gasteiger partial charge in [-0.3, -0.25) is 0 Å². The van der Waals surface area contributed by atoms with Crippen LogP contribution in [0.4, 0.5) is 5.69 Å². The molecule has 1 atom stereocenters. The minimum atomic E-state index is -4.23. The Morgan fingerprint density at radius 1 is 1.10 bits per heavy atom. The lowest BCUT2D eigenvalue weighted by molar-refractivity contribution is 0.208. The number of hydrogen-bond donors (Lipinski definition) is 1. The van der Waals surface area contributed by atoms with Gasteiger partial charge in [0.2, 0.25) is 0 Å². The van der Waals surface area contributed by atoms with Crippen molar-refractivity contribution in [3.63, 3.8) is 0 Å². The Balaban J connectivity index is 2.25. The Morgan fingerprint density at radius 2 is 1.81 bits per heavy atom. The lowest BCUT2D eigenvalue weighted by atomic mass is 10.2. The van der Waals surface area contributed by atoms with Gasteiger partial charge in [0.05, 0.1) is 16.3 Å². The van der Waals surface area contributed by atoms with Crippen molar-refractivity contribution in [2.45, 2.75) is 5.06 Å². The van der Waals surface area contributed by atoms with Crippen LogP contribution in [0.1, 0.15) is 5.56 Å². The van der Waals surface area contributed by atoms with Gasteiger partial charge >= 0.3 is 5.06 Å². The maximum absolute atomic E-state index is 12.2. The van der Waals surface area contributed by atoms with Gasteiger partial charge in [-0.1, -0.05) is 35.3 Å². The van der Waals surface area contributed by atoms with Gasteiger partial charge in [-0.2, -0.15) is 0 Å². The first-order valence-corrected chi connectivity index (χ1v) is 8.86. The maximum atomic E-state index is 12.2. The third-order valence-corrected chi connectivity index (χ3v) is 5.37. The molecule has 110 valence electrons. The maximum Gasteiger partial charge on any atom is 0.326 e. The molecule has 0 amide bonds. The number of ether oxygens (including phenoxy) is 1. The molecule has 1 unspecified atom stereocenters. The van der Waals surface area contributed by atoms with Crippen LogP contribution in [0.15, 0.2) is 42.5 Å². The third kappa shape index (κ3) is 2.34. The van der Waals surface area contributed by atoms with E-state index >= 15 is 0 Å². The molecule has 0 aromatic heterocycles. The summed E-state index contributed by atoms with van der Waals surface area (Å²) in [6.45, 7) is 0. The van der Waals surface area contributed by atoms with Crippen LogP contribution in [0.25, 0.3) is 0 Å². The molecule has 0 bridgehead atoms. The van der Waals surface area contributed by atoms with E-state index in [-0.39, 0.29) is 10.6 Å². The molecule has 0 aliphatic carbocycles. The molecule has 2 aromatic carbocycles. The zero-order valence-electron chi connectivity index (χ0n) is 10.3. The van der Waals surface area contributed by atoms with Crippen LogP contribution in [0.3, 0.4) is 0 Å². The minimum Gasteiger partial charge on any atom is -0.447 e. The zero-order chi connectivity index (χ0) is 15.3. The van der Waals surface area contributed by atoms with Gasteiger partial charge in [0, 0.05) is 15.7 Å². The molecule has 2 aromatic rings. The van der Waals surface area contributed by atoms with Crippen molar-refractivity contribution in [2.75, 3.05) is 5.32 Å². The van der Waals surface area contributed by atoms with Crippen molar-refractivity contribution in [1.29, 1.82) is 0 Å². The predicted molar refractivity (Wildman–Crippen MR) is 83.6 cm³/mol. The Kier molecular flexibility index (Phi) is 3.48. The lowest BCUT2D eigenvalue weighted by Gasteiger charge is -2.27. The fraction of sp³-hybridized carbons (Fsp3) is 0.0769. The van der Waals surface area contributed by atoms with Gasteiger partial charge in [0.25, 0.3) is 9.05 Å². The van der Waals surface area contributed by atoms with E-state index in [9.17, 15) is 8.42 Å². The van der Waals surface area contributed by atoms with E-state index in [2.05, 4.69) is 5.32 Å². The first-order chi connectivity index (χ1) is 9.83. The highest BCUT2D eigenvalue weighted by Gasteiger charge is 2.53. The quantitative estimate of drug-likeness (QED) is 0.812. The molecule has 1 aliphatic heterocycles. The standard InChI is InChI=1S/C13H8Cl3NO3S/c14-8-5-6-10(15)9(7-8)13(21(16,18)19)17-11-3-1-2-4-12(11)20-13/h1-7,17H. The zero-order valence-corrected chi connectivity index (χ0v) is 13.4. The highest BCUT2D eigenvalue weighted by Crippen LogP contribution is 2.48. The largest absolute Gasteiger partial charge is 0.447 e. The number of anilines is 1. The van der Waals surface area contributed by atoms with E-state index in [4.69, 9.17) is 38.6 Å². The molecule has 0 radical (unpaired) electrons. The van der Waals surface area contributed by atoms with Crippen LogP contribution in [-0.2, 0) is 14.1 Å². The molecule has 4 nitrogen and oxygen atoms in total. The Labute approximate surface area is 136 Å². The van der Waals surface area contributed by atoms with Crippen LogP contribution in [0.2, 0.25) is 10.0 Å². The first-order valence-electron chi connectivity index (χ1n) is 5.79. The summed E-state index contributed by atoms with van der Waals surface area (Å²) >= 11 is 12.1. The summed E-state index contributed by atoms with van der Waals surface area (Å²) in [7, 11) is 1.40. The van der Waals surface area contributed by atoms with E-state index in [1.165, 1.54) is 12.1 Å².